The van der Waals surface area contributed by atoms with Gasteiger partial charge < -0.3 is 20.1 Å². The van der Waals surface area contributed by atoms with E-state index in [2.05, 4.69) is 15.3 Å². The molecule has 3 aromatic rings. The van der Waals surface area contributed by atoms with Crippen molar-refractivity contribution in [1.29, 1.82) is 0 Å². The molecule has 186 valence electrons. The number of methoxy groups -OCH3 is 1. The summed E-state index contributed by atoms with van der Waals surface area (Å²) in [6, 6.07) is 11.5. The molecule has 35 heavy (non-hydrogen) atoms. The highest BCUT2D eigenvalue weighted by Gasteiger charge is 2.33. The van der Waals surface area contributed by atoms with Gasteiger partial charge in [0.1, 0.15) is 12.1 Å². The molecule has 0 spiro atoms. The van der Waals surface area contributed by atoms with E-state index < -0.39 is 23.6 Å². The number of halogens is 4. The lowest BCUT2D eigenvalue weighted by molar-refractivity contribution is -0.137. The van der Waals surface area contributed by atoms with Gasteiger partial charge in [0.25, 0.3) is 0 Å². The zero-order chi connectivity index (χ0) is 25.0. The molecule has 0 saturated carbocycles. The number of hydrogen-bond acceptors (Lipinski definition) is 6. The fourth-order valence-electron chi connectivity index (χ4n) is 4.32. The molecule has 1 aromatic heterocycles. The number of aliphatic hydroxyl groups is 1. The first-order valence-corrected chi connectivity index (χ1v) is 11.2. The van der Waals surface area contributed by atoms with Gasteiger partial charge in [-0.1, -0.05) is 24.3 Å². The third-order valence-electron chi connectivity index (χ3n) is 6.12. The van der Waals surface area contributed by atoms with Crippen LogP contribution in [0.15, 0.2) is 54.9 Å². The molecule has 0 bridgehead atoms. The summed E-state index contributed by atoms with van der Waals surface area (Å²) in [7, 11) is 1.57. The molecule has 1 aliphatic heterocycles. The number of rotatable bonds is 8. The third-order valence-corrected chi connectivity index (χ3v) is 6.12. The SMILES string of the molecule is COc1ccc(C[C@H](CO)Nc2ncnc(N3CCCC3c3ccc(C(F)(F)F)cc3)c2F)cc1. The zero-order valence-electron chi connectivity index (χ0n) is 19.1. The molecule has 0 aliphatic carbocycles. The van der Waals surface area contributed by atoms with Crippen molar-refractivity contribution in [1.82, 2.24) is 9.97 Å². The van der Waals surface area contributed by atoms with Gasteiger partial charge in [0, 0.05) is 6.54 Å². The lowest BCUT2D eigenvalue weighted by atomic mass is 10.0. The average Bonchev–Trinajstić information content (AvgIpc) is 3.34. The molecule has 10 heteroatoms. The summed E-state index contributed by atoms with van der Waals surface area (Å²) < 4.78 is 59.4. The van der Waals surface area contributed by atoms with Crippen LogP contribution in [0.3, 0.4) is 0 Å². The van der Waals surface area contributed by atoms with Crippen LogP contribution in [0.25, 0.3) is 0 Å². The van der Waals surface area contributed by atoms with E-state index in [-0.39, 0.29) is 24.3 Å². The predicted molar refractivity (Wildman–Crippen MR) is 124 cm³/mol. The highest BCUT2D eigenvalue weighted by molar-refractivity contribution is 5.53. The van der Waals surface area contributed by atoms with Crippen LogP contribution in [0.2, 0.25) is 0 Å². The van der Waals surface area contributed by atoms with E-state index in [1.807, 2.05) is 24.3 Å². The molecule has 1 aliphatic rings. The number of benzene rings is 2. The summed E-state index contributed by atoms with van der Waals surface area (Å²) in [5, 5.41) is 12.8. The van der Waals surface area contributed by atoms with E-state index in [1.54, 1.807) is 12.0 Å². The van der Waals surface area contributed by atoms with Crippen LogP contribution in [0.1, 0.15) is 35.6 Å². The molecule has 6 nitrogen and oxygen atoms in total. The number of ether oxygens (including phenoxy) is 1. The number of alkyl halides is 3. The van der Waals surface area contributed by atoms with Crippen molar-refractivity contribution in [2.45, 2.75) is 37.5 Å². The molecular formula is C25H26F4N4O2. The van der Waals surface area contributed by atoms with Crippen LogP contribution in [-0.2, 0) is 12.6 Å². The standard InChI is InChI=1S/C25H26F4N4O2/c1-35-20-10-4-16(5-11-20)13-19(14-34)32-23-22(26)24(31-15-30-23)33-12-2-3-21(33)17-6-8-18(9-7-17)25(27,28)29/h4-11,15,19,21,34H,2-3,12-14H2,1H3,(H,30,31,32)/t19-,21?/m1/s1. The quantitative estimate of drug-likeness (QED) is 0.433. The van der Waals surface area contributed by atoms with Crippen LogP contribution in [0.5, 0.6) is 5.75 Å². The minimum Gasteiger partial charge on any atom is -0.497 e. The van der Waals surface area contributed by atoms with Gasteiger partial charge in [0.2, 0.25) is 5.82 Å². The second-order valence-corrected chi connectivity index (χ2v) is 8.41. The average molecular weight is 491 g/mol. The van der Waals surface area contributed by atoms with E-state index in [0.29, 0.717) is 30.7 Å². The topological polar surface area (TPSA) is 70.5 Å². The smallest absolute Gasteiger partial charge is 0.416 e. The minimum absolute atomic E-state index is 0.0411. The van der Waals surface area contributed by atoms with E-state index in [0.717, 1.165) is 24.1 Å². The van der Waals surface area contributed by atoms with Gasteiger partial charge in [-0.2, -0.15) is 17.6 Å². The van der Waals surface area contributed by atoms with Crippen LogP contribution in [0, 0.1) is 5.82 Å². The number of nitrogens with one attached hydrogen (secondary N) is 1. The van der Waals surface area contributed by atoms with Gasteiger partial charge in [0.05, 0.1) is 31.4 Å². The Balaban J connectivity index is 1.52. The largest absolute Gasteiger partial charge is 0.497 e. The van der Waals surface area contributed by atoms with Gasteiger partial charge >= 0.3 is 6.18 Å². The van der Waals surface area contributed by atoms with Crippen LogP contribution >= 0.6 is 0 Å². The highest BCUT2D eigenvalue weighted by Crippen LogP contribution is 2.38. The molecule has 2 N–H and O–H groups in total. The summed E-state index contributed by atoms with van der Waals surface area (Å²) in [6.45, 7) is 0.261. The van der Waals surface area contributed by atoms with Crippen molar-refractivity contribution in [3.8, 4) is 5.75 Å². The molecule has 4 rings (SSSR count). The van der Waals surface area contributed by atoms with Crippen molar-refractivity contribution in [2.75, 3.05) is 30.5 Å². The number of nitrogens with zero attached hydrogens (tertiary/aromatic N) is 3. The van der Waals surface area contributed by atoms with Gasteiger partial charge in [-0.15, -0.1) is 0 Å². The molecule has 1 fully saturated rings. The molecule has 1 unspecified atom stereocenters. The zero-order valence-corrected chi connectivity index (χ0v) is 19.1. The minimum atomic E-state index is -4.41. The Morgan fingerprint density at radius 3 is 2.46 bits per heavy atom. The van der Waals surface area contributed by atoms with E-state index in [4.69, 9.17) is 4.74 Å². The Labute approximate surface area is 200 Å². The Bertz CT molecular complexity index is 1120. The van der Waals surface area contributed by atoms with E-state index in [1.165, 1.54) is 18.5 Å². The fraction of sp³-hybridized carbons (Fsp3) is 0.360. The molecular weight excluding hydrogens is 464 g/mol. The van der Waals surface area contributed by atoms with Crippen molar-refractivity contribution in [2.24, 2.45) is 0 Å². The van der Waals surface area contributed by atoms with Crippen molar-refractivity contribution < 1.29 is 27.4 Å². The fourth-order valence-corrected chi connectivity index (χ4v) is 4.32. The maximum absolute atomic E-state index is 15.5. The molecule has 1 saturated heterocycles. The molecule has 0 radical (unpaired) electrons. The summed E-state index contributed by atoms with van der Waals surface area (Å²) in [4.78, 5) is 9.91. The maximum Gasteiger partial charge on any atom is 0.416 e. The third kappa shape index (κ3) is 5.64. The van der Waals surface area contributed by atoms with Gasteiger partial charge in [-0.05, 0) is 54.7 Å². The lowest BCUT2D eigenvalue weighted by Gasteiger charge is -2.27. The number of anilines is 2. The Kier molecular flexibility index (Phi) is 7.39. The summed E-state index contributed by atoms with van der Waals surface area (Å²) >= 11 is 0. The lowest BCUT2D eigenvalue weighted by Crippen LogP contribution is -2.29. The highest BCUT2D eigenvalue weighted by atomic mass is 19.4. The van der Waals surface area contributed by atoms with Gasteiger partial charge in [-0.25, -0.2) is 9.97 Å². The first-order chi connectivity index (χ1) is 16.8. The van der Waals surface area contributed by atoms with Gasteiger partial charge in [0.15, 0.2) is 11.6 Å². The molecule has 0 amide bonds. The van der Waals surface area contributed by atoms with Crippen molar-refractivity contribution in [3.63, 3.8) is 0 Å². The molecule has 2 heterocycles. The first-order valence-electron chi connectivity index (χ1n) is 11.2. The summed E-state index contributed by atoms with van der Waals surface area (Å²) in [6.07, 6.45) is -1.34. The molecule has 2 aromatic carbocycles. The number of aliphatic hydroxyl groups excluding tert-OH is 1. The Morgan fingerprint density at radius 1 is 1.11 bits per heavy atom. The monoisotopic (exact) mass is 490 g/mol. The van der Waals surface area contributed by atoms with E-state index >= 15 is 4.39 Å². The second kappa shape index (κ2) is 10.5. The van der Waals surface area contributed by atoms with Crippen LogP contribution < -0.4 is 15.0 Å². The Hall–Kier alpha value is -3.40. The first kappa shape index (κ1) is 24.7. The predicted octanol–water partition coefficient (Wildman–Crippen LogP) is 5.00. The normalized spacial score (nSPS) is 16.9. The maximum atomic E-state index is 15.5. The molecule has 2 atom stereocenters. The van der Waals surface area contributed by atoms with E-state index in [9.17, 15) is 18.3 Å². The van der Waals surface area contributed by atoms with Crippen molar-refractivity contribution >= 4 is 11.6 Å². The van der Waals surface area contributed by atoms with Crippen molar-refractivity contribution in [3.05, 3.63) is 77.4 Å². The Morgan fingerprint density at radius 2 is 1.83 bits per heavy atom. The number of hydrogen-bond donors (Lipinski definition) is 2. The summed E-state index contributed by atoms with van der Waals surface area (Å²) in [5.74, 6) is 0.0770. The van der Waals surface area contributed by atoms with Crippen LogP contribution in [-0.4, -0.2) is 41.4 Å². The van der Waals surface area contributed by atoms with Gasteiger partial charge in [-0.3, -0.25) is 0 Å². The second-order valence-electron chi connectivity index (χ2n) is 8.41. The summed E-state index contributed by atoms with van der Waals surface area (Å²) in [5.41, 5.74) is 0.863. The van der Waals surface area contributed by atoms with Crippen LogP contribution in [0.4, 0.5) is 29.2 Å². The number of aromatic nitrogens is 2.